The largest absolute Gasteiger partial charge is 0.376 e. The number of hydrogen-bond donors (Lipinski definition) is 1. The van der Waals surface area contributed by atoms with E-state index in [1.54, 1.807) is 6.07 Å². The fourth-order valence-corrected chi connectivity index (χ4v) is 2.13. The number of carbonyl (C=O) groups excluding carboxylic acids is 1. The number of likely N-dealkylation sites (N-methyl/N-ethyl adjacent to an activating group) is 1. The molecule has 1 N–H and O–H groups in total. The van der Waals surface area contributed by atoms with Crippen LogP contribution in [0.4, 0.5) is 10.1 Å². The van der Waals surface area contributed by atoms with Gasteiger partial charge >= 0.3 is 0 Å². The first-order chi connectivity index (χ1) is 9.06. The predicted octanol–water partition coefficient (Wildman–Crippen LogP) is 1.66. The summed E-state index contributed by atoms with van der Waals surface area (Å²) in [6.07, 6.45) is 0. The maximum atomic E-state index is 13.0. The molecule has 1 saturated heterocycles. The van der Waals surface area contributed by atoms with Crippen molar-refractivity contribution in [2.45, 2.75) is 0 Å². The summed E-state index contributed by atoms with van der Waals surface area (Å²) in [5.74, 6) is -0.411. The highest BCUT2D eigenvalue weighted by atomic mass is 35.5. The van der Waals surface area contributed by atoms with Gasteiger partial charge in [-0.25, -0.2) is 4.39 Å². The molecule has 1 fully saturated rings. The van der Waals surface area contributed by atoms with E-state index in [4.69, 9.17) is 11.6 Å². The highest BCUT2D eigenvalue weighted by Crippen LogP contribution is 2.19. The highest BCUT2D eigenvalue weighted by molar-refractivity contribution is 6.31. The van der Waals surface area contributed by atoms with Crippen molar-refractivity contribution in [3.63, 3.8) is 0 Å². The van der Waals surface area contributed by atoms with Gasteiger partial charge in [0.2, 0.25) is 5.91 Å². The molecule has 1 amide bonds. The van der Waals surface area contributed by atoms with E-state index in [1.165, 1.54) is 12.1 Å². The van der Waals surface area contributed by atoms with E-state index >= 15 is 0 Å². The van der Waals surface area contributed by atoms with Crippen molar-refractivity contribution in [3.8, 4) is 0 Å². The van der Waals surface area contributed by atoms with Crippen LogP contribution in [-0.2, 0) is 4.79 Å². The molecule has 2 rings (SSSR count). The number of nitrogens with zero attached hydrogens (tertiary/aromatic N) is 2. The molecule has 0 aliphatic carbocycles. The summed E-state index contributed by atoms with van der Waals surface area (Å²) in [4.78, 5) is 16.0. The van der Waals surface area contributed by atoms with E-state index in [0.717, 1.165) is 26.2 Å². The van der Waals surface area contributed by atoms with Crippen LogP contribution in [0.2, 0.25) is 5.02 Å². The van der Waals surface area contributed by atoms with Gasteiger partial charge in [-0.3, -0.25) is 4.79 Å². The van der Waals surface area contributed by atoms with Gasteiger partial charge in [-0.2, -0.15) is 0 Å². The molecule has 0 saturated carbocycles. The number of anilines is 1. The third-order valence-electron chi connectivity index (χ3n) is 3.22. The second kappa shape index (κ2) is 6.21. The lowest BCUT2D eigenvalue weighted by molar-refractivity contribution is -0.130. The number of amides is 1. The van der Waals surface area contributed by atoms with E-state index in [9.17, 15) is 9.18 Å². The van der Waals surface area contributed by atoms with Crippen molar-refractivity contribution in [2.24, 2.45) is 0 Å². The molecule has 4 nitrogen and oxygen atoms in total. The summed E-state index contributed by atoms with van der Waals surface area (Å²) in [5, 5.41) is 3.02. The van der Waals surface area contributed by atoms with Crippen molar-refractivity contribution in [2.75, 3.05) is 45.1 Å². The number of hydrogen-bond acceptors (Lipinski definition) is 3. The van der Waals surface area contributed by atoms with Crippen molar-refractivity contribution in [1.82, 2.24) is 9.80 Å². The SMILES string of the molecule is CN1CCN(C(=O)CNc2ccc(F)c(Cl)c2)CC1. The van der Waals surface area contributed by atoms with Gasteiger partial charge in [-0.1, -0.05) is 11.6 Å². The van der Waals surface area contributed by atoms with Gasteiger partial charge in [0.1, 0.15) is 5.82 Å². The van der Waals surface area contributed by atoms with Crippen LogP contribution in [0.15, 0.2) is 18.2 Å². The Labute approximate surface area is 117 Å². The lowest BCUT2D eigenvalue weighted by Crippen LogP contribution is -2.48. The first-order valence-corrected chi connectivity index (χ1v) is 6.59. The molecule has 6 heteroatoms. The molecular weight excluding hydrogens is 269 g/mol. The zero-order valence-corrected chi connectivity index (χ0v) is 11.6. The van der Waals surface area contributed by atoms with Crippen molar-refractivity contribution in [1.29, 1.82) is 0 Å². The quantitative estimate of drug-likeness (QED) is 0.918. The molecule has 0 unspecified atom stereocenters. The Balaban J connectivity index is 1.84. The zero-order chi connectivity index (χ0) is 13.8. The second-order valence-corrected chi connectivity index (χ2v) is 5.07. The zero-order valence-electron chi connectivity index (χ0n) is 10.8. The number of piperazine rings is 1. The summed E-state index contributed by atoms with van der Waals surface area (Å²) in [6, 6.07) is 4.33. The van der Waals surface area contributed by atoms with Gasteiger partial charge in [0, 0.05) is 31.9 Å². The van der Waals surface area contributed by atoms with Gasteiger partial charge < -0.3 is 15.1 Å². The molecule has 0 atom stereocenters. The Morgan fingerprint density at radius 3 is 2.68 bits per heavy atom. The molecule has 104 valence electrons. The Hall–Kier alpha value is -1.33. The summed E-state index contributed by atoms with van der Waals surface area (Å²) < 4.78 is 13.0. The molecule has 0 aromatic heterocycles. The average molecular weight is 286 g/mol. The van der Waals surface area contributed by atoms with Crippen LogP contribution >= 0.6 is 11.6 Å². The minimum absolute atomic E-state index is 0.0496. The summed E-state index contributed by atoms with van der Waals surface area (Å²) in [7, 11) is 2.04. The maximum Gasteiger partial charge on any atom is 0.241 e. The lowest BCUT2D eigenvalue weighted by Gasteiger charge is -2.32. The monoisotopic (exact) mass is 285 g/mol. The molecular formula is C13H17ClFN3O. The Bertz CT molecular complexity index is 461. The first-order valence-electron chi connectivity index (χ1n) is 6.21. The van der Waals surface area contributed by atoms with E-state index in [1.807, 2.05) is 11.9 Å². The maximum absolute atomic E-state index is 13.0. The minimum atomic E-state index is -0.461. The molecule has 1 aromatic carbocycles. The standard InChI is InChI=1S/C13H17ClFN3O/c1-17-4-6-18(7-5-17)13(19)9-16-10-2-3-12(15)11(14)8-10/h2-3,8,16H,4-7,9H2,1H3. The molecule has 0 spiro atoms. The highest BCUT2D eigenvalue weighted by Gasteiger charge is 2.18. The van der Waals surface area contributed by atoms with Crippen LogP contribution in [0.1, 0.15) is 0 Å². The van der Waals surface area contributed by atoms with Gasteiger partial charge in [0.05, 0.1) is 11.6 Å². The number of nitrogens with one attached hydrogen (secondary N) is 1. The molecule has 0 radical (unpaired) electrons. The van der Waals surface area contributed by atoms with Crippen LogP contribution < -0.4 is 5.32 Å². The second-order valence-electron chi connectivity index (χ2n) is 4.67. The Kier molecular flexibility index (Phi) is 4.61. The van der Waals surface area contributed by atoms with Crippen molar-refractivity contribution >= 4 is 23.2 Å². The van der Waals surface area contributed by atoms with Crippen LogP contribution in [0.3, 0.4) is 0 Å². The summed E-state index contributed by atoms with van der Waals surface area (Å²) in [5.41, 5.74) is 0.647. The van der Waals surface area contributed by atoms with Gasteiger partial charge in [-0.15, -0.1) is 0 Å². The Morgan fingerprint density at radius 1 is 1.37 bits per heavy atom. The molecule has 1 aromatic rings. The van der Waals surface area contributed by atoms with Crippen molar-refractivity contribution in [3.05, 3.63) is 29.0 Å². The van der Waals surface area contributed by atoms with Gasteiger partial charge in [0.15, 0.2) is 0 Å². The minimum Gasteiger partial charge on any atom is -0.376 e. The van der Waals surface area contributed by atoms with Crippen LogP contribution in [0.5, 0.6) is 0 Å². The smallest absolute Gasteiger partial charge is 0.241 e. The van der Waals surface area contributed by atoms with E-state index in [-0.39, 0.29) is 17.5 Å². The summed E-state index contributed by atoms with van der Waals surface area (Å²) >= 11 is 5.68. The van der Waals surface area contributed by atoms with E-state index < -0.39 is 5.82 Å². The molecule has 1 aliphatic rings. The number of benzene rings is 1. The number of carbonyl (C=O) groups is 1. The van der Waals surface area contributed by atoms with Crippen LogP contribution in [0.25, 0.3) is 0 Å². The predicted molar refractivity (Wildman–Crippen MR) is 74.0 cm³/mol. The molecule has 1 aliphatic heterocycles. The van der Waals surface area contributed by atoms with Gasteiger partial charge in [-0.05, 0) is 25.2 Å². The first kappa shape index (κ1) is 14.1. The lowest BCUT2D eigenvalue weighted by atomic mass is 10.3. The Morgan fingerprint density at radius 2 is 2.05 bits per heavy atom. The molecule has 19 heavy (non-hydrogen) atoms. The molecule has 0 bridgehead atoms. The average Bonchev–Trinajstić information content (AvgIpc) is 2.40. The topological polar surface area (TPSA) is 35.6 Å². The van der Waals surface area contributed by atoms with Crippen molar-refractivity contribution < 1.29 is 9.18 Å². The summed E-state index contributed by atoms with van der Waals surface area (Å²) in [6.45, 7) is 3.50. The van der Waals surface area contributed by atoms with Crippen LogP contribution in [-0.4, -0.2) is 55.5 Å². The third-order valence-corrected chi connectivity index (χ3v) is 3.51. The van der Waals surface area contributed by atoms with Crippen LogP contribution in [0, 0.1) is 5.82 Å². The normalized spacial score (nSPS) is 16.5. The molecule has 1 heterocycles. The number of rotatable bonds is 3. The van der Waals surface area contributed by atoms with E-state index in [0.29, 0.717) is 5.69 Å². The number of halogens is 2. The fourth-order valence-electron chi connectivity index (χ4n) is 1.95. The third kappa shape index (κ3) is 3.81. The fraction of sp³-hybridized carbons (Fsp3) is 0.462. The van der Waals surface area contributed by atoms with E-state index in [2.05, 4.69) is 10.2 Å². The van der Waals surface area contributed by atoms with Gasteiger partial charge in [0.25, 0.3) is 0 Å².